The molecule has 0 radical (unpaired) electrons. The van der Waals surface area contributed by atoms with E-state index in [0.717, 1.165) is 18.2 Å². The van der Waals surface area contributed by atoms with Crippen molar-refractivity contribution in [1.29, 1.82) is 0 Å². The first kappa shape index (κ1) is 22.4. The second kappa shape index (κ2) is 8.60. The standard InChI is InChI=1S/C21H15F5N4O3/c22-15-4-14-17(5-16(15)23)28-9-18(14)30-20(32)19(31)29-6-10-1-12(2-10)33-13-3-11(7-27-8-13)21(24,25)26/h3-10,12,28H,1-2H2,(H,30,32). The van der Waals surface area contributed by atoms with Crippen LogP contribution in [0.5, 0.6) is 5.75 Å². The number of carbonyl (C=O) groups excluding carboxylic acids is 2. The molecule has 0 spiro atoms. The summed E-state index contributed by atoms with van der Waals surface area (Å²) >= 11 is 0. The maximum Gasteiger partial charge on any atom is 0.418 e. The molecule has 0 bridgehead atoms. The fraction of sp³-hybridized carbons (Fsp3) is 0.238. The third-order valence-corrected chi connectivity index (χ3v) is 5.04. The first-order chi connectivity index (χ1) is 15.6. The molecule has 2 aromatic heterocycles. The number of rotatable bonds is 4. The van der Waals surface area contributed by atoms with Gasteiger partial charge in [-0.05, 0) is 25.0 Å². The minimum atomic E-state index is -4.53. The number of nitrogens with one attached hydrogen (secondary N) is 2. The summed E-state index contributed by atoms with van der Waals surface area (Å²) in [5.74, 6) is -4.55. The number of aromatic amines is 1. The fourth-order valence-corrected chi connectivity index (χ4v) is 3.28. The normalized spacial score (nSPS) is 18.3. The Morgan fingerprint density at radius 3 is 2.61 bits per heavy atom. The van der Waals surface area contributed by atoms with Gasteiger partial charge in [0.15, 0.2) is 11.6 Å². The van der Waals surface area contributed by atoms with Crippen LogP contribution in [0.25, 0.3) is 10.9 Å². The van der Waals surface area contributed by atoms with E-state index in [1.165, 1.54) is 18.6 Å². The Kier molecular flexibility index (Phi) is 5.83. The number of nitrogens with zero attached hydrogens (tertiary/aromatic N) is 2. The molecule has 12 heteroatoms. The van der Waals surface area contributed by atoms with Crippen LogP contribution in [0.1, 0.15) is 18.4 Å². The maximum atomic E-state index is 13.4. The van der Waals surface area contributed by atoms with Crippen LogP contribution in [0.15, 0.2) is 41.8 Å². The monoisotopic (exact) mass is 466 g/mol. The molecule has 1 saturated carbocycles. The van der Waals surface area contributed by atoms with E-state index in [2.05, 4.69) is 20.3 Å². The van der Waals surface area contributed by atoms with E-state index in [4.69, 9.17) is 4.74 Å². The third kappa shape index (κ3) is 4.99. The number of hydrogen-bond acceptors (Lipinski definition) is 4. The van der Waals surface area contributed by atoms with Crippen molar-refractivity contribution >= 4 is 34.6 Å². The minimum absolute atomic E-state index is 0.0179. The zero-order chi connectivity index (χ0) is 23.8. The van der Waals surface area contributed by atoms with Crippen molar-refractivity contribution in [3.63, 3.8) is 0 Å². The van der Waals surface area contributed by atoms with Crippen LogP contribution in [0, 0.1) is 17.6 Å². The smallest absolute Gasteiger partial charge is 0.418 e. The largest absolute Gasteiger partial charge is 0.489 e. The molecule has 2 N–H and O–H groups in total. The Labute approximate surface area is 182 Å². The van der Waals surface area contributed by atoms with Gasteiger partial charge in [-0.1, -0.05) is 0 Å². The lowest BCUT2D eigenvalue weighted by Gasteiger charge is -2.32. The molecule has 172 valence electrons. The van der Waals surface area contributed by atoms with Crippen molar-refractivity contribution in [2.75, 3.05) is 5.32 Å². The molecule has 0 saturated heterocycles. The maximum absolute atomic E-state index is 13.4. The fourth-order valence-electron chi connectivity index (χ4n) is 3.28. The average Bonchev–Trinajstić information content (AvgIpc) is 3.10. The molecule has 2 heterocycles. The van der Waals surface area contributed by atoms with E-state index in [1.807, 2.05) is 0 Å². The Hall–Kier alpha value is -3.83. The highest BCUT2D eigenvalue weighted by atomic mass is 19.4. The van der Waals surface area contributed by atoms with Gasteiger partial charge in [0.1, 0.15) is 11.9 Å². The number of benzene rings is 1. The number of aliphatic imine (C=N–C) groups is 1. The van der Waals surface area contributed by atoms with Gasteiger partial charge in [-0.25, -0.2) is 13.8 Å². The molecule has 1 aliphatic rings. The van der Waals surface area contributed by atoms with E-state index >= 15 is 0 Å². The van der Waals surface area contributed by atoms with Crippen LogP contribution in [0.2, 0.25) is 0 Å². The van der Waals surface area contributed by atoms with Gasteiger partial charge in [-0.15, -0.1) is 0 Å². The molecule has 0 aliphatic heterocycles. The topological polar surface area (TPSA) is 96.4 Å². The van der Waals surface area contributed by atoms with Crippen LogP contribution in [0.4, 0.5) is 27.6 Å². The second-order valence-corrected chi connectivity index (χ2v) is 7.43. The van der Waals surface area contributed by atoms with Crippen molar-refractivity contribution in [3.05, 3.63) is 54.0 Å². The van der Waals surface area contributed by atoms with Gasteiger partial charge < -0.3 is 15.0 Å². The lowest BCUT2D eigenvalue weighted by atomic mass is 9.83. The number of anilines is 1. The van der Waals surface area contributed by atoms with Crippen LogP contribution >= 0.6 is 0 Å². The number of fused-ring (bicyclic) bond motifs is 1. The Morgan fingerprint density at radius 1 is 1.15 bits per heavy atom. The zero-order valence-corrected chi connectivity index (χ0v) is 16.6. The average molecular weight is 466 g/mol. The van der Waals surface area contributed by atoms with E-state index in [-0.39, 0.29) is 34.4 Å². The molecule has 2 amide bonds. The van der Waals surface area contributed by atoms with E-state index in [0.29, 0.717) is 19.0 Å². The summed E-state index contributed by atoms with van der Waals surface area (Å²) in [4.78, 5) is 33.8. The second-order valence-electron chi connectivity index (χ2n) is 7.43. The number of pyridine rings is 1. The molecule has 4 rings (SSSR count). The molecule has 0 atom stereocenters. The summed E-state index contributed by atoms with van der Waals surface area (Å²) < 4.78 is 70.3. The lowest BCUT2D eigenvalue weighted by molar-refractivity contribution is -0.138. The summed E-state index contributed by atoms with van der Waals surface area (Å²) in [6.45, 7) is 0. The van der Waals surface area contributed by atoms with Crippen LogP contribution in [-0.2, 0) is 15.8 Å². The number of hydrogen-bond donors (Lipinski definition) is 2. The SMILES string of the molecule is O=C(N=CC1CC(Oc2cncc(C(F)(F)F)c2)C1)C(=O)Nc1c[nH]c2cc(F)c(F)cc12. The predicted molar refractivity (Wildman–Crippen MR) is 107 cm³/mol. The molecule has 7 nitrogen and oxygen atoms in total. The molecular formula is C21H15F5N4O3. The predicted octanol–water partition coefficient (Wildman–Crippen LogP) is 4.25. The highest BCUT2D eigenvalue weighted by molar-refractivity contribution is 6.41. The van der Waals surface area contributed by atoms with E-state index in [9.17, 15) is 31.5 Å². The molecule has 0 unspecified atom stereocenters. The van der Waals surface area contributed by atoms with Crippen molar-refractivity contribution in [2.45, 2.75) is 25.1 Å². The van der Waals surface area contributed by atoms with Gasteiger partial charge in [0.2, 0.25) is 0 Å². The van der Waals surface area contributed by atoms with Crippen LogP contribution < -0.4 is 10.1 Å². The number of ether oxygens (including phenoxy) is 1. The first-order valence-corrected chi connectivity index (χ1v) is 9.64. The summed E-state index contributed by atoms with van der Waals surface area (Å²) in [5, 5.41) is 2.47. The summed E-state index contributed by atoms with van der Waals surface area (Å²) in [5.41, 5.74) is -0.599. The lowest BCUT2D eigenvalue weighted by Crippen LogP contribution is -2.35. The van der Waals surface area contributed by atoms with Crippen LogP contribution in [0.3, 0.4) is 0 Å². The van der Waals surface area contributed by atoms with Crippen molar-refractivity contribution in [1.82, 2.24) is 9.97 Å². The molecule has 3 aromatic rings. The number of amides is 2. The number of aromatic nitrogens is 2. The molecule has 33 heavy (non-hydrogen) atoms. The molecular weight excluding hydrogens is 451 g/mol. The molecule has 1 aromatic carbocycles. The van der Waals surface area contributed by atoms with Gasteiger partial charge in [0.25, 0.3) is 0 Å². The van der Waals surface area contributed by atoms with Crippen molar-refractivity contribution in [2.24, 2.45) is 10.9 Å². The number of alkyl halides is 3. The molecule has 1 fully saturated rings. The Bertz CT molecular complexity index is 1250. The van der Waals surface area contributed by atoms with Gasteiger partial charge in [-0.3, -0.25) is 14.6 Å². The Balaban J connectivity index is 1.29. The van der Waals surface area contributed by atoms with Crippen molar-refractivity contribution < 1.29 is 36.3 Å². The summed E-state index contributed by atoms with van der Waals surface area (Å²) in [6.07, 6.45) is 0.312. The zero-order valence-electron chi connectivity index (χ0n) is 16.6. The van der Waals surface area contributed by atoms with Gasteiger partial charge in [0, 0.05) is 36.0 Å². The van der Waals surface area contributed by atoms with Gasteiger partial charge >= 0.3 is 18.0 Å². The minimum Gasteiger partial charge on any atom is -0.489 e. The highest BCUT2D eigenvalue weighted by Crippen LogP contribution is 2.34. The van der Waals surface area contributed by atoms with Crippen LogP contribution in [-0.4, -0.2) is 34.1 Å². The Morgan fingerprint density at radius 2 is 1.88 bits per heavy atom. The number of carbonyl (C=O) groups is 2. The van der Waals surface area contributed by atoms with Gasteiger partial charge in [0.05, 0.1) is 23.0 Å². The third-order valence-electron chi connectivity index (χ3n) is 5.04. The van der Waals surface area contributed by atoms with Gasteiger partial charge in [-0.2, -0.15) is 13.2 Å². The van der Waals surface area contributed by atoms with E-state index < -0.39 is 35.2 Å². The number of H-pyrrole nitrogens is 1. The summed E-state index contributed by atoms with van der Waals surface area (Å²) in [7, 11) is 0. The quantitative estimate of drug-likeness (QED) is 0.341. The molecule has 1 aliphatic carbocycles. The number of halogens is 5. The first-order valence-electron chi connectivity index (χ1n) is 9.64. The highest BCUT2D eigenvalue weighted by Gasteiger charge is 2.33. The summed E-state index contributed by atoms with van der Waals surface area (Å²) in [6, 6.07) is 2.66. The van der Waals surface area contributed by atoms with E-state index in [1.54, 1.807) is 0 Å². The van der Waals surface area contributed by atoms with Crippen molar-refractivity contribution in [3.8, 4) is 5.75 Å².